The Balaban J connectivity index is 2.28. The molecule has 7 heteroatoms. The van der Waals surface area contributed by atoms with Crippen LogP contribution < -0.4 is 15.2 Å². The van der Waals surface area contributed by atoms with E-state index < -0.39 is 0 Å². The van der Waals surface area contributed by atoms with Crippen molar-refractivity contribution in [3.05, 3.63) is 27.4 Å². The number of nitrogen functional groups attached to an aromatic ring is 1. The Bertz CT molecular complexity index is 700. The van der Waals surface area contributed by atoms with Crippen molar-refractivity contribution in [3.63, 3.8) is 0 Å². The summed E-state index contributed by atoms with van der Waals surface area (Å²) < 4.78 is 12.4. The molecule has 0 bridgehead atoms. The van der Waals surface area contributed by atoms with E-state index >= 15 is 0 Å². The SMILES string of the molecule is COc1cc(OC)c(Cl)c(-n2nc(N)c3c2CCCC3)c1Cl. The summed E-state index contributed by atoms with van der Waals surface area (Å²) in [5, 5.41) is 5.23. The fraction of sp³-hybridized carbons (Fsp3) is 0.400. The number of aromatic nitrogens is 2. The zero-order chi connectivity index (χ0) is 15.9. The third kappa shape index (κ3) is 2.29. The van der Waals surface area contributed by atoms with Crippen molar-refractivity contribution in [1.82, 2.24) is 9.78 Å². The van der Waals surface area contributed by atoms with Crippen LogP contribution in [0, 0.1) is 0 Å². The molecule has 5 nitrogen and oxygen atoms in total. The zero-order valence-corrected chi connectivity index (χ0v) is 14.0. The monoisotopic (exact) mass is 341 g/mol. The van der Waals surface area contributed by atoms with E-state index in [0.29, 0.717) is 33.0 Å². The highest BCUT2D eigenvalue weighted by Crippen LogP contribution is 2.44. The molecule has 0 unspecified atom stereocenters. The molecule has 0 fully saturated rings. The van der Waals surface area contributed by atoms with Gasteiger partial charge in [-0.1, -0.05) is 23.2 Å². The number of halogens is 2. The predicted octanol–water partition coefficient (Wildman–Crippen LogP) is 3.66. The van der Waals surface area contributed by atoms with Gasteiger partial charge in [0.25, 0.3) is 0 Å². The van der Waals surface area contributed by atoms with Gasteiger partial charge in [0.05, 0.1) is 14.2 Å². The number of rotatable bonds is 3. The molecule has 22 heavy (non-hydrogen) atoms. The van der Waals surface area contributed by atoms with Crippen LogP contribution in [0.4, 0.5) is 5.82 Å². The molecule has 0 saturated heterocycles. The Morgan fingerprint density at radius 3 is 2.27 bits per heavy atom. The van der Waals surface area contributed by atoms with E-state index in [1.807, 2.05) is 0 Å². The van der Waals surface area contributed by atoms with Crippen molar-refractivity contribution in [3.8, 4) is 17.2 Å². The number of anilines is 1. The molecule has 2 aromatic rings. The van der Waals surface area contributed by atoms with Crippen molar-refractivity contribution in [1.29, 1.82) is 0 Å². The minimum absolute atomic E-state index is 0.393. The van der Waals surface area contributed by atoms with E-state index in [4.69, 9.17) is 38.4 Å². The quantitative estimate of drug-likeness (QED) is 0.925. The second-order valence-electron chi connectivity index (χ2n) is 5.19. The summed E-state index contributed by atoms with van der Waals surface area (Å²) in [7, 11) is 3.09. The number of methoxy groups -OCH3 is 2. The molecule has 1 aromatic carbocycles. The summed E-state index contributed by atoms with van der Waals surface area (Å²) in [4.78, 5) is 0. The number of fused-ring (bicyclic) bond motifs is 1. The van der Waals surface area contributed by atoms with Crippen molar-refractivity contribution < 1.29 is 9.47 Å². The van der Waals surface area contributed by atoms with Gasteiger partial charge in [-0.2, -0.15) is 5.10 Å². The summed E-state index contributed by atoms with van der Waals surface area (Å²) in [6.45, 7) is 0. The van der Waals surface area contributed by atoms with Crippen LogP contribution in [0.3, 0.4) is 0 Å². The molecule has 1 aliphatic rings. The molecule has 1 heterocycles. The molecule has 118 valence electrons. The molecule has 3 rings (SSSR count). The van der Waals surface area contributed by atoms with Crippen molar-refractivity contribution in [2.45, 2.75) is 25.7 Å². The van der Waals surface area contributed by atoms with E-state index in [-0.39, 0.29) is 0 Å². The maximum atomic E-state index is 6.46. The first-order valence-electron chi connectivity index (χ1n) is 7.05. The molecule has 2 N–H and O–H groups in total. The normalized spacial score (nSPS) is 13.8. The van der Waals surface area contributed by atoms with Gasteiger partial charge in [0, 0.05) is 17.3 Å². The van der Waals surface area contributed by atoms with Crippen LogP contribution in [-0.2, 0) is 12.8 Å². The lowest BCUT2D eigenvalue weighted by atomic mass is 9.97. The van der Waals surface area contributed by atoms with Crippen LogP contribution >= 0.6 is 23.2 Å². The Morgan fingerprint density at radius 1 is 1.09 bits per heavy atom. The topological polar surface area (TPSA) is 62.3 Å². The summed E-state index contributed by atoms with van der Waals surface area (Å²) in [6.07, 6.45) is 4.03. The molecule has 0 spiro atoms. The van der Waals surface area contributed by atoms with Crippen LogP contribution in [0.2, 0.25) is 10.0 Å². The van der Waals surface area contributed by atoms with Gasteiger partial charge in [-0.05, 0) is 25.7 Å². The second kappa shape index (κ2) is 5.89. The summed E-state index contributed by atoms with van der Waals surface area (Å²) in [6, 6.07) is 1.66. The average Bonchev–Trinajstić information content (AvgIpc) is 2.85. The summed E-state index contributed by atoms with van der Waals surface area (Å²) in [5.74, 6) is 1.50. The van der Waals surface area contributed by atoms with Crippen molar-refractivity contribution in [2.24, 2.45) is 0 Å². The van der Waals surface area contributed by atoms with Gasteiger partial charge in [-0.25, -0.2) is 4.68 Å². The van der Waals surface area contributed by atoms with Crippen LogP contribution in [-0.4, -0.2) is 24.0 Å². The minimum Gasteiger partial charge on any atom is -0.495 e. The Kier molecular flexibility index (Phi) is 4.10. The third-order valence-corrected chi connectivity index (χ3v) is 4.70. The second-order valence-corrected chi connectivity index (χ2v) is 5.94. The highest BCUT2D eigenvalue weighted by atomic mass is 35.5. The number of nitrogens with two attached hydrogens (primary N) is 1. The fourth-order valence-corrected chi connectivity index (χ4v) is 3.53. The lowest BCUT2D eigenvalue weighted by Crippen LogP contribution is -2.09. The highest BCUT2D eigenvalue weighted by Gasteiger charge is 2.25. The van der Waals surface area contributed by atoms with E-state index in [2.05, 4.69) is 5.10 Å². The van der Waals surface area contributed by atoms with Gasteiger partial charge >= 0.3 is 0 Å². The molecule has 0 aliphatic heterocycles. The molecule has 0 radical (unpaired) electrons. The molecular weight excluding hydrogens is 325 g/mol. The standard InChI is InChI=1S/C15H17Cl2N3O2/c1-21-10-7-11(22-2)13(17)14(12(10)16)20-9-6-4-3-5-8(9)15(18)19-20/h7H,3-6H2,1-2H3,(H2,18,19). The van der Waals surface area contributed by atoms with Gasteiger partial charge < -0.3 is 15.2 Å². The highest BCUT2D eigenvalue weighted by molar-refractivity contribution is 6.39. The maximum absolute atomic E-state index is 6.46. The predicted molar refractivity (Wildman–Crippen MR) is 87.7 cm³/mol. The van der Waals surface area contributed by atoms with E-state index in [1.54, 1.807) is 25.0 Å². The van der Waals surface area contributed by atoms with E-state index in [1.165, 1.54) is 0 Å². The van der Waals surface area contributed by atoms with Crippen LogP contribution in [0.25, 0.3) is 5.69 Å². The third-order valence-electron chi connectivity index (χ3n) is 3.97. The van der Waals surface area contributed by atoms with Gasteiger partial charge in [-0.3, -0.25) is 0 Å². The Hall–Kier alpha value is -1.59. The van der Waals surface area contributed by atoms with Gasteiger partial charge in [0.2, 0.25) is 0 Å². The number of hydrogen-bond acceptors (Lipinski definition) is 4. The molecular formula is C15H17Cl2N3O2. The zero-order valence-electron chi connectivity index (χ0n) is 12.4. The number of ether oxygens (including phenoxy) is 2. The van der Waals surface area contributed by atoms with Crippen LogP contribution in [0.5, 0.6) is 11.5 Å². The Morgan fingerprint density at radius 2 is 1.68 bits per heavy atom. The summed E-state index contributed by atoms with van der Waals surface area (Å²) in [5.41, 5.74) is 8.75. The van der Waals surface area contributed by atoms with Crippen molar-refractivity contribution in [2.75, 3.05) is 20.0 Å². The average molecular weight is 342 g/mol. The van der Waals surface area contributed by atoms with Gasteiger partial charge in [0.1, 0.15) is 33.0 Å². The van der Waals surface area contributed by atoms with Gasteiger partial charge in [-0.15, -0.1) is 0 Å². The maximum Gasteiger partial charge on any atom is 0.149 e. The first-order chi connectivity index (χ1) is 10.6. The van der Waals surface area contributed by atoms with Crippen LogP contribution in [0.1, 0.15) is 24.1 Å². The Labute approximate surface area is 138 Å². The molecule has 1 aliphatic carbocycles. The molecule has 0 saturated carbocycles. The van der Waals surface area contributed by atoms with Crippen molar-refractivity contribution >= 4 is 29.0 Å². The lowest BCUT2D eigenvalue weighted by Gasteiger charge is -2.18. The number of nitrogens with zero attached hydrogens (tertiary/aromatic N) is 2. The lowest BCUT2D eigenvalue weighted by molar-refractivity contribution is 0.394. The van der Waals surface area contributed by atoms with E-state index in [9.17, 15) is 0 Å². The first-order valence-corrected chi connectivity index (χ1v) is 7.80. The molecule has 1 aromatic heterocycles. The molecule has 0 atom stereocenters. The van der Waals surface area contributed by atoms with Crippen LogP contribution in [0.15, 0.2) is 6.07 Å². The fourth-order valence-electron chi connectivity index (χ4n) is 2.87. The summed E-state index contributed by atoms with van der Waals surface area (Å²) >= 11 is 12.9. The smallest absolute Gasteiger partial charge is 0.149 e. The van der Waals surface area contributed by atoms with Gasteiger partial charge in [0.15, 0.2) is 0 Å². The number of benzene rings is 1. The number of hydrogen-bond donors (Lipinski definition) is 1. The minimum atomic E-state index is 0.393. The molecule has 0 amide bonds. The largest absolute Gasteiger partial charge is 0.495 e. The van der Waals surface area contributed by atoms with E-state index in [0.717, 1.165) is 36.9 Å². The first kappa shape index (κ1) is 15.3.